The zero-order valence-electron chi connectivity index (χ0n) is 44.1. The Kier molecular flexibility index (Phi) is 24.8. The molecule has 0 aromatic heterocycles. The molecule has 7 N–H and O–H groups in total. The van der Waals surface area contributed by atoms with Gasteiger partial charge in [-0.3, -0.25) is 33.8 Å². The summed E-state index contributed by atoms with van der Waals surface area (Å²) in [5.41, 5.74) is -0.991. The van der Waals surface area contributed by atoms with E-state index in [4.69, 9.17) is 23.7 Å². The molecule has 4 aromatic rings. The zero-order chi connectivity index (χ0) is 57.3. The van der Waals surface area contributed by atoms with Gasteiger partial charge in [-0.25, -0.2) is 19.2 Å². The third-order valence-electron chi connectivity index (χ3n) is 12.2. The SMILES string of the molecule is CCOC(=O)CCCCCN(CCN(CCNC(=O)c1cccc(C(=O)O)c1OC)CCN(CCNC(=O)c1cccc(C(=O)O)c1OC)CCNC(=O)c1cccc(C(=O)O)c1OC)C(=O)c1cccc(C(=O)O)c1OC. The van der Waals surface area contributed by atoms with E-state index in [2.05, 4.69) is 16.0 Å². The Hall–Kier alpha value is -8.77. The van der Waals surface area contributed by atoms with Crippen molar-refractivity contribution in [1.82, 2.24) is 30.7 Å². The summed E-state index contributed by atoms with van der Waals surface area (Å²) in [5.74, 6) is -8.58. The number of benzene rings is 4. The first-order chi connectivity index (χ1) is 37.4. The molecule has 0 heterocycles. The van der Waals surface area contributed by atoms with Crippen LogP contribution in [-0.4, -0.2) is 196 Å². The highest BCUT2D eigenvalue weighted by Crippen LogP contribution is 2.28. The molecule has 0 saturated carbocycles. The van der Waals surface area contributed by atoms with Crippen LogP contribution in [0.5, 0.6) is 23.0 Å². The number of nitrogens with one attached hydrogen (secondary N) is 3. The monoisotopic (exact) mass is 1090 g/mol. The normalized spacial score (nSPS) is 10.8. The van der Waals surface area contributed by atoms with Gasteiger partial charge in [0.1, 0.15) is 45.3 Å². The highest BCUT2D eigenvalue weighted by atomic mass is 16.5. The Morgan fingerprint density at radius 1 is 0.410 bits per heavy atom. The van der Waals surface area contributed by atoms with E-state index >= 15 is 0 Å². The second-order valence-electron chi connectivity index (χ2n) is 17.1. The fraction of sp³-hybridized carbons (Fsp3) is 0.389. The third kappa shape index (κ3) is 17.4. The van der Waals surface area contributed by atoms with Crippen LogP contribution >= 0.6 is 0 Å². The van der Waals surface area contributed by atoms with Crippen molar-refractivity contribution in [2.75, 3.05) is 107 Å². The molecule has 0 atom stereocenters. The average molecular weight is 1090 g/mol. The lowest BCUT2D eigenvalue weighted by atomic mass is 10.1. The lowest BCUT2D eigenvalue weighted by molar-refractivity contribution is -0.143. The summed E-state index contributed by atoms with van der Waals surface area (Å²) in [6.07, 6.45) is 1.63. The molecule has 24 heteroatoms. The number of ether oxygens (including phenoxy) is 5. The van der Waals surface area contributed by atoms with E-state index in [-0.39, 0.29) is 158 Å². The largest absolute Gasteiger partial charge is 0.495 e. The van der Waals surface area contributed by atoms with Crippen molar-refractivity contribution in [3.8, 4) is 23.0 Å². The van der Waals surface area contributed by atoms with Gasteiger partial charge in [-0.15, -0.1) is 0 Å². The Bertz CT molecular complexity index is 2700. The maximum Gasteiger partial charge on any atom is 0.339 e. The summed E-state index contributed by atoms with van der Waals surface area (Å²) in [7, 11) is 4.98. The van der Waals surface area contributed by atoms with Gasteiger partial charge in [-0.05, 0) is 68.3 Å². The number of unbranched alkanes of at least 4 members (excludes halogenated alkanes) is 2. The first-order valence-electron chi connectivity index (χ1n) is 24.8. The maximum atomic E-state index is 14.5. The predicted octanol–water partition coefficient (Wildman–Crippen LogP) is 3.97. The smallest absolute Gasteiger partial charge is 0.339 e. The van der Waals surface area contributed by atoms with Crippen molar-refractivity contribution in [3.05, 3.63) is 117 Å². The number of hydrogen-bond donors (Lipinski definition) is 7. The molecule has 78 heavy (non-hydrogen) atoms. The summed E-state index contributed by atoms with van der Waals surface area (Å²) in [5, 5.41) is 47.4. The quantitative estimate of drug-likeness (QED) is 0.0257. The number of amides is 4. The fourth-order valence-electron chi connectivity index (χ4n) is 8.36. The van der Waals surface area contributed by atoms with Gasteiger partial charge in [0, 0.05) is 78.4 Å². The Labute approximate surface area is 450 Å². The van der Waals surface area contributed by atoms with Crippen LogP contribution in [0.2, 0.25) is 0 Å². The first-order valence-corrected chi connectivity index (χ1v) is 24.8. The number of carbonyl (C=O) groups excluding carboxylic acids is 5. The number of nitrogens with zero attached hydrogens (tertiary/aromatic N) is 3. The number of carboxylic acids is 4. The van der Waals surface area contributed by atoms with Crippen LogP contribution in [0, 0.1) is 0 Å². The lowest BCUT2D eigenvalue weighted by Crippen LogP contribution is -2.46. The predicted molar refractivity (Wildman–Crippen MR) is 281 cm³/mol. The zero-order valence-corrected chi connectivity index (χ0v) is 44.1. The number of methoxy groups -OCH3 is 4. The molecule has 24 nitrogen and oxygen atoms in total. The molecule has 0 aliphatic rings. The van der Waals surface area contributed by atoms with Gasteiger partial charge in [0.05, 0.1) is 57.3 Å². The molecule has 4 amide bonds. The molecule has 0 unspecified atom stereocenters. The van der Waals surface area contributed by atoms with Crippen LogP contribution in [0.4, 0.5) is 0 Å². The number of aromatic carboxylic acids is 4. The number of rotatable bonds is 34. The van der Waals surface area contributed by atoms with Gasteiger partial charge in [0.15, 0.2) is 0 Å². The molecule has 4 aromatic carbocycles. The molecule has 420 valence electrons. The number of esters is 1. The molecule has 4 rings (SSSR count). The number of hydrogen-bond acceptors (Lipinski definition) is 16. The highest BCUT2D eigenvalue weighted by Gasteiger charge is 2.26. The minimum absolute atomic E-state index is 0.00380. The fourth-order valence-corrected chi connectivity index (χ4v) is 8.36. The van der Waals surface area contributed by atoms with Crippen molar-refractivity contribution in [3.63, 3.8) is 0 Å². The van der Waals surface area contributed by atoms with Crippen molar-refractivity contribution < 1.29 is 87.3 Å². The Balaban J connectivity index is 1.66. The second kappa shape index (κ2) is 31.3. The van der Waals surface area contributed by atoms with E-state index < -0.39 is 47.5 Å². The van der Waals surface area contributed by atoms with Crippen molar-refractivity contribution in [2.45, 2.75) is 32.6 Å². The van der Waals surface area contributed by atoms with Crippen molar-refractivity contribution in [2.24, 2.45) is 0 Å². The topological polar surface area (TPSA) is 327 Å². The number of carbonyl (C=O) groups is 9. The molecule has 0 aliphatic heterocycles. The minimum atomic E-state index is -1.31. The maximum absolute atomic E-state index is 14.5. The van der Waals surface area contributed by atoms with E-state index in [9.17, 15) is 63.6 Å². The standard InChI is InChI=1S/C54H66N6O18/c1-6-78-42(61)22-8-7-9-26-60(50(65)37-17-13-21-41(54(72)73)46(37)77-5)33-32-59(29-25-57-49(64)36-16-12-20-40(53(70)71)45(36)76-4)31-30-58(27-23-55-47(62)34-14-10-18-38(51(66)67)43(34)74-2)28-24-56-48(63)35-15-11-19-39(52(68)69)44(35)75-3/h10-21H,6-9,22-33H2,1-5H3,(H,55,62)(H,56,63)(H,57,64)(H,66,67)(H,68,69)(H,70,71)(H,72,73). The van der Waals surface area contributed by atoms with Crippen molar-refractivity contribution in [1.29, 1.82) is 0 Å². The van der Waals surface area contributed by atoms with Gasteiger partial charge >= 0.3 is 29.8 Å². The van der Waals surface area contributed by atoms with E-state index in [0.29, 0.717) is 19.3 Å². The average Bonchev–Trinajstić information content (AvgIpc) is 3.44. The molecule has 0 aliphatic carbocycles. The molecule has 0 bridgehead atoms. The van der Waals surface area contributed by atoms with E-state index in [1.54, 1.807) is 6.92 Å². The molecule has 0 spiro atoms. The highest BCUT2D eigenvalue weighted by molar-refractivity contribution is 6.04. The van der Waals surface area contributed by atoms with Crippen LogP contribution in [0.15, 0.2) is 72.8 Å². The summed E-state index contributed by atoms with van der Waals surface area (Å²) >= 11 is 0. The third-order valence-corrected chi connectivity index (χ3v) is 12.2. The summed E-state index contributed by atoms with van der Waals surface area (Å²) in [6.45, 7) is 3.23. The molecule has 0 saturated heterocycles. The van der Waals surface area contributed by atoms with Crippen LogP contribution in [0.1, 0.15) is 115 Å². The van der Waals surface area contributed by atoms with Gasteiger partial charge in [-0.1, -0.05) is 30.7 Å². The van der Waals surface area contributed by atoms with E-state index in [0.717, 1.165) is 0 Å². The van der Waals surface area contributed by atoms with Crippen LogP contribution in [0.3, 0.4) is 0 Å². The molecule has 0 radical (unpaired) electrons. The summed E-state index contributed by atoms with van der Waals surface area (Å²) < 4.78 is 26.4. The van der Waals surface area contributed by atoms with Crippen molar-refractivity contribution >= 4 is 53.5 Å². The van der Waals surface area contributed by atoms with Gasteiger partial charge in [0.2, 0.25) is 0 Å². The number of carboxylic acid groups (broad SMARTS) is 4. The van der Waals surface area contributed by atoms with E-state index in [1.807, 2.05) is 9.80 Å². The minimum Gasteiger partial charge on any atom is -0.495 e. The lowest BCUT2D eigenvalue weighted by Gasteiger charge is -2.31. The van der Waals surface area contributed by atoms with E-state index in [1.165, 1.54) is 106 Å². The first kappa shape index (κ1) is 61.8. The molecular weight excluding hydrogens is 1020 g/mol. The van der Waals surface area contributed by atoms with Gasteiger partial charge in [-0.2, -0.15) is 0 Å². The second-order valence-corrected chi connectivity index (χ2v) is 17.1. The Morgan fingerprint density at radius 2 is 0.731 bits per heavy atom. The molecular formula is C54H66N6O18. The Morgan fingerprint density at radius 3 is 1.08 bits per heavy atom. The van der Waals surface area contributed by atoms with Crippen LogP contribution < -0.4 is 34.9 Å². The number of para-hydroxylation sites is 4. The summed E-state index contributed by atoms with van der Waals surface area (Å²) in [6, 6.07) is 16.5. The van der Waals surface area contributed by atoms with Gasteiger partial charge in [0.25, 0.3) is 23.6 Å². The molecule has 0 fully saturated rings. The summed E-state index contributed by atoms with van der Waals surface area (Å²) in [4.78, 5) is 120. The van der Waals surface area contributed by atoms with Crippen LogP contribution in [-0.2, 0) is 9.53 Å². The van der Waals surface area contributed by atoms with Gasteiger partial charge < -0.3 is 65.0 Å². The van der Waals surface area contributed by atoms with Crippen LogP contribution in [0.25, 0.3) is 0 Å².